The van der Waals surface area contributed by atoms with E-state index in [4.69, 9.17) is 0 Å². The second-order valence-electron chi connectivity index (χ2n) is 3.70. The van der Waals surface area contributed by atoms with Crippen molar-refractivity contribution < 1.29 is 14.3 Å². The molecule has 2 N–H and O–H groups in total. The first-order valence-corrected chi connectivity index (χ1v) is 6.33. The number of thiazole rings is 1. The molecule has 1 amide bonds. The number of amides is 1. The molecule has 0 aliphatic carbocycles. The first kappa shape index (κ1) is 13.2. The van der Waals surface area contributed by atoms with Crippen LogP contribution in [0.25, 0.3) is 0 Å². The molecule has 2 aromatic rings. The molecule has 7 nitrogen and oxygen atoms in total. The van der Waals surface area contributed by atoms with Crippen LogP contribution in [0.3, 0.4) is 0 Å². The van der Waals surface area contributed by atoms with Crippen LogP contribution in [0.2, 0.25) is 0 Å². The first-order chi connectivity index (χ1) is 9.20. The Kier molecular flexibility index (Phi) is 4.24. The van der Waals surface area contributed by atoms with E-state index < -0.39 is 12.0 Å². The normalized spacial score (nSPS) is 11.8. The molecule has 100 valence electrons. The van der Waals surface area contributed by atoms with Gasteiger partial charge in [-0.3, -0.25) is 9.78 Å². The topological polar surface area (TPSA) is 97.0 Å². The van der Waals surface area contributed by atoms with Crippen LogP contribution in [0.15, 0.2) is 24.2 Å². The second-order valence-corrected chi connectivity index (χ2v) is 4.58. The van der Waals surface area contributed by atoms with Crippen molar-refractivity contribution in [2.75, 3.05) is 7.11 Å². The van der Waals surface area contributed by atoms with Gasteiger partial charge in [0, 0.05) is 18.3 Å². The van der Waals surface area contributed by atoms with Gasteiger partial charge in [-0.15, -0.1) is 11.3 Å². The van der Waals surface area contributed by atoms with E-state index in [0.29, 0.717) is 4.88 Å². The maximum Gasteiger partial charge on any atom is 0.328 e. The number of aromatic amines is 1. The summed E-state index contributed by atoms with van der Waals surface area (Å²) in [4.78, 5) is 34.5. The quantitative estimate of drug-likeness (QED) is 0.772. The molecule has 0 aliphatic rings. The van der Waals surface area contributed by atoms with Crippen molar-refractivity contribution in [3.05, 3.63) is 34.8 Å². The summed E-state index contributed by atoms with van der Waals surface area (Å²) in [5, 5.41) is 2.62. The molecule has 0 spiro atoms. The van der Waals surface area contributed by atoms with E-state index >= 15 is 0 Å². The first-order valence-electron chi connectivity index (χ1n) is 5.45. The molecule has 2 aromatic heterocycles. The number of methoxy groups -OCH3 is 1. The van der Waals surface area contributed by atoms with Crippen molar-refractivity contribution in [1.82, 2.24) is 20.3 Å². The van der Waals surface area contributed by atoms with Gasteiger partial charge < -0.3 is 15.0 Å². The van der Waals surface area contributed by atoms with Crippen molar-refractivity contribution in [2.24, 2.45) is 0 Å². The molecule has 1 atom stereocenters. The smallest absolute Gasteiger partial charge is 0.328 e. The standard InChI is InChI=1S/C11H12N4O3S/c1-18-11(17)8(2-7-3-12-5-14-7)15-10(16)9-4-13-6-19-9/h3-6,8H,2H2,1H3,(H,12,14)(H,15,16)/t8-/m0/s1. The minimum Gasteiger partial charge on any atom is -0.467 e. The Morgan fingerprint density at radius 2 is 2.32 bits per heavy atom. The average molecular weight is 280 g/mol. The van der Waals surface area contributed by atoms with Gasteiger partial charge in [-0.25, -0.2) is 9.78 Å². The summed E-state index contributed by atoms with van der Waals surface area (Å²) in [5.74, 6) is -0.857. The average Bonchev–Trinajstić information content (AvgIpc) is 3.09. The van der Waals surface area contributed by atoms with Crippen LogP contribution in [0.4, 0.5) is 0 Å². The number of carbonyl (C=O) groups excluding carboxylic acids is 2. The Labute approximate surface area is 113 Å². The predicted molar refractivity (Wildman–Crippen MR) is 67.7 cm³/mol. The summed E-state index contributed by atoms with van der Waals surface area (Å²) in [7, 11) is 1.28. The van der Waals surface area contributed by atoms with Gasteiger partial charge in [0.2, 0.25) is 0 Å². The molecule has 0 saturated heterocycles. The highest BCUT2D eigenvalue weighted by Gasteiger charge is 2.23. The lowest BCUT2D eigenvalue weighted by molar-refractivity contribution is -0.142. The van der Waals surface area contributed by atoms with Gasteiger partial charge in [0.1, 0.15) is 10.9 Å². The van der Waals surface area contributed by atoms with Gasteiger partial charge in [0.05, 0.1) is 25.1 Å². The number of aromatic nitrogens is 3. The molecule has 0 saturated carbocycles. The van der Waals surface area contributed by atoms with Gasteiger partial charge in [-0.2, -0.15) is 0 Å². The third-order valence-corrected chi connectivity index (χ3v) is 3.20. The number of carbonyl (C=O) groups is 2. The number of hydrogen-bond acceptors (Lipinski definition) is 6. The minimum atomic E-state index is -0.764. The van der Waals surface area contributed by atoms with Crippen molar-refractivity contribution in [1.29, 1.82) is 0 Å². The van der Waals surface area contributed by atoms with Crippen molar-refractivity contribution in [2.45, 2.75) is 12.5 Å². The van der Waals surface area contributed by atoms with Crippen LogP contribution in [0, 0.1) is 0 Å². The molecule has 19 heavy (non-hydrogen) atoms. The zero-order valence-corrected chi connectivity index (χ0v) is 10.9. The summed E-state index contributed by atoms with van der Waals surface area (Å²) in [6.45, 7) is 0. The fourth-order valence-corrected chi connectivity index (χ4v) is 2.03. The maximum atomic E-state index is 11.9. The van der Waals surface area contributed by atoms with Gasteiger partial charge >= 0.3 is 5.97 Å². The second kappa shape index (κ2) is 6.10. The third-order valence-electron chi connectivity index (χ3n) is 2.43. The highest BCUT2D eigenvalue weighted by molar-refractivity contribution is 7.11. The Morgan fingerprint density at radius 3 is 2.89 bits per heavy atom. The molecule has 0 radical (unpaired) electrons. The largest absolute Gasteiger partial charge is 0.467 e. The van der Waals surface area contributed by atoms with E-state index in [-0.39, 0.29) is 12.3 Å². The highest BCUT2D eigenvalue weighted by atomic mass is 32.1. The minimum absolute atomic E-state index is 0.289. The lowest BCUT2D eigenvalue weighted by atomic mass is 10.1. The summed E-state index contributed by atoms with van der Waals surface area (Å²) < 4.78 is 4.68. The van der Waals surface area contributed by atoms with Gasteiger partial charge in [-0.05, 0) is 0 Å². The number of ether oxygens (including phenoxy) is 1. The zero-order valence-electron chi connectivity index (χ0n) is 10.1. The summed E-state index contributed by atoms with van der Waals surface area (Å²) in [6.07, 6.45) is 4.84. The van der Waals surface area contributed by atoms with E-state index in [9.17, 15) is 9.59 Å². The number of hydrogen-bond donors (Lipinski definition) is 2. The number of imidazole rings is 1. The molecule has 2 rings (SSSR count). The molecule has 2 heterocycles. The fourth-order valence-electron chi connectivity index (χ4n) is 1.51. The van der Waals surface area contributed by atoms with Crippen LogP contribution in [-0.4, -0.2) is 40.0 Å². The third kappa shape index (κ3) is 3.38. The summed E-state index contributed by atoms with van der Waals surface area (Å²) in [6, 6.07) is -0.764. The van der Waals surface area contributed by atoms with Gasteiger partial charge in [-0.1, -0.05) is 0 Å². The molecule has 0 aliphatic heterocycles. The Bertz CT molecular complexity index is 538. The van der Waals surface area contributed by atoms with Crippen molar-refractivity contribution >= 4 is 23.2 Å². The Hall–Kier alpha value is -2.22. The van der Waals surface area contributed by atoms with E-state index in [1.165, 1.54) is 31.0 Å². The van der Waals surface area contributed by atoms with Crippen LogP contribution in [0.1, 0.15) is 15.4 Å². The van der Waals surface area contributed by atoms with E-state index in [1.54, 1.807) is 11.7 Å². The molecule has 8 heteroatoms. The lowest BCUT2D eigenvalue weighted by Crippen LogP contribution is -2.42. The van der Waals surface area contributed by atoms with Crippen LogP contribution in [0.5, 0.6) is 0 Å². The summed E-state index contributed by atoms with van der Waals surface area (Å²) >= 11 is 1.20. The molecule has 0 fully saturated rings. The van der Waals surface area contributed by atoms with Crippen LogP contribution < -0.4 is 5.32 Å². The summed E-state index contributed by atoms with van der Waals surface area (Å²) in [5.41, 5.74) is 2.29. The van der Waals surface area contributed by atoms with Crippen LogP contribution in [-0.2, 0) is 16.0 Å². The number of nitrogens with zero attached hydrogens (tertiary/aromatic N) is 2. The molecule has 0 aromatic carbocycles. The Morgan fingerprint density at radius 1 is 1.47 bits per heavy atom. The SMILES string of the molecule is COC(=O)[C@H](Cc1cnc[nH]1)NC(=O)c1cncs1. The van der Waals surface area contributed by atoms with Gasteiger partial charge in [0.25, 0.3) is 5.91 Å². The van der Waals surface area contributed by atoms with Crippen molar-refractivity contribution in [3.63, 3.8) is 0 Å². The van der Waals surface area contributed by atoms with E-state index in [0.717, 1.165) is 5.69 Å². The predicted octanol–water partition coefficient (Wildman–Crippen LogP) is 0.380. The number of nitrogens with one attached hydrogen (secondary N) is 2. The molecular weight excluding hydrogens is 268 g/mol. The monoisotopic (exact) mass is 280 g/mol. The number of esters is 1. The lowest BCUT2D eigenvalue weighted by Gasteiger charge is -2.14. The van der Waals surface area contributed by atoms with Crippen molar-refractivity contribution in [3.8, 4) is 0 Å². The van der Waals surface area contributed by atoms with Crippen LogP contribution >= 0.6 is 11.3 Å². The molecular formula is C11H12N4O3S. The number of rotatable bonds is 5. The number of H-pyrrole nitrogens is 1. The van der Waals surface area contributed by atoms with E-state index in [1.807, 2.05) is 0 Å². The Balaban J connectivity index is 2.06. The highest BCUT2D eigenvalue weighted by Crippen LogP contribution is 2.07. The molecule has 0 unspecified atom stereocenters. The van der Waals surface area contributed by atoms with E-state index in [2.05, 4.69) is 25.0 Å². The fraction of sp³-hybridized carbons (Fsp3) is 0.273. The van der Waals surface area contributed by atoms with Gasteiger partial charge in [0.15, 0.2) is 0 Å². The zero-order chi connectivity index (χ0) is 13.7. The maximum absolute atomic E-state index is 11.9. The molecule has 0 bridgehead atoms.